The molecule has 4 aromatic rings. The first-order valence-electron chi connectivity index (χ1n) is 7.74. The Labute approximate surface area is 151 Å². The lowest BCUT2D eigenvalue weighted by Gasteiger charge is -2.06. The fraction of sp³-hybridized carbons (Fsp3) is 0.125. The SMILES string of the molecule is O=C(NCc1noc(Cc2cccs2)n1)c1ccccc1-c1nn[nH]n1. The molecule has 0 aliphatic rings. The number of nitrogens with one attached hydrogen (secondary N) is 2. The lowest BCUT2D eigenvalue weighted by atomic mass is 10.1. The van der Waals surface area contributed by atoms with Crippen molar-refractivity contribution >= 4 is 17.2 Å². The number of carbonyl (C=O) groups excluding carboxylic acids is 1. The number of tetrazole rings is 1. The summed E-state index contributed by atoms with van der Waals surface area (Å²) in [6.07, 6.45) is 0.583. The molecule has 10 heteroatoms. The van der Waals surface area contributed by atoms with Gasteiger partial charge in [0.2, 0.25) is 11.7 Å². The van der Waals surface area contributed by atoms with E-state index in [-0.39, 0.29) is 12.5 Å². The molecule has 4 rings (SSSR count). The van der Waals surface area contributed by atoms with E-state index in [9.17, 15) is 4.79 Å². The molecular weight excluding hydrogens is 354 g/mol. The summed E-state index contributed by atoms with van der Waals surface area (Å²) in [4.78, 5) is 18.0. The van der Waals surface area contributed by atoms with Crippen LogP contribution in [-0.2, 0) is 13.0 Å². The van der Waals surface area contributed by atoms with Crippen LogP contribution in [0.1, 0.15) is 27.0 Å². The van der Waals surface area contributed by atoms with Crippen molar-refractivity contribution in [1.29, 1.82) is 0 Å². The molecule has 0 aliphatic carbocycles. The van der Waals surface area contributed by atoms with E-state index >= 15 is 0 Å². The number of nitrogens with zero attached hydrogens (tertiary/aromatic N) is 5. The van der Waals surface area contributed by atoms with E-state index in [0.29, 0.717) is 35.1 Å². The Morgan fingerprint density at radius 2 is 2.15 bits per heavy atom. The van der Waals surface area contributed by atoms with Gasteiger partial charge in [-0.3, -0.25) is 4.79 Å². The fourth-order valence-electron chi connectivity index (χ4n) is 2.40. The van der Waals surface area contributed by atoms with Crippen molar-refractivity contribution in [2.75, 3.05) is 0 Å². The van der Waals surface area contributed by atoms with Gasteiger partial charge in [0.15, 0.2) is 5.82 Å². The summed E-state index contributed by atoms with van der Waals surface area (Å²) in [5.74, 6) is 1.01. The molecule has 3 aromatic heterocycles. The zero-order valence-corrected chi connectivity index (χ0v) is 14.2. The zero-order chi connectivity index (χ0) is 17.8. The van der Waals surface area contributed by atoms with Gasteiger partial charge in [0.25, 0.3) is 5.91 Å². The molecule has 0 spiro atoms. The maximum atomic E-state index is 12.5. The summed E-state index contributed by atoms with van der Waals surface area (Å²) >= 11 is 1.63. The van der Waals surface area contributed by atoms with E-state index in [4.69, 9.17) is 4.52 Å². The van der Waals surface area contributed by atoms with Crippen LogP contribution in [0, 0.1) is 0 Å². The smallest absolute Gasteiger partial charge is 0.252 e. The number of carbonyl (C=O) groups is 1. The van der Waals surface area contributed by atoms with Gasteiger partial charge in [-0.25, -0.2) is 0 Å². The van der Waals surface area contributed by atoms with E-state index in [1.165, 1.54) is 0 Å². The molecule has 1 aromatic carbocycles. The molecular formula is C16H13N7O2S. The lowest BCUT2D eigenvalue weighted by Crippen LogP contribution is -2.24. The van der Waals surface area contributed by atoms with Crippen LogP contribution in [0.15, 0.2) is 46.3 Å². The Morgan fingerprint density at radius 3 is 2.96 bits per heavy atom. The molecule has 2 N–H and O–H groups in total. The maximum absolute atomic E-state index is 12.5. The Morgan fingerprint density at radius 1 is 1.23 bits per heavy atom. The predicted octanol–water partition coefficient (Wildman–Crippen LogP) is 1.83. The second-order valence-corrected chi connectivity index (χ2v) is 6.36. The van der Waals surface area contributed by atoms with E-state index in [1.807, 2.05) is 17.5 Å². The third kappa shape index (κ3) is 3.49. The number of hydrogen-bond acceptors (Lipinski definition) is 8. The zero-order valence-electron chi connectivity index (χ0n) is 13.4. The topological polar surface area (TPSA) is 122 Å². The molecule has 26 heavy (non-hydrogen) atoms. The van der Waals surface area contributed by atoms with Crippen LogP contribution in [-0.4, -0.2) is 36.7 Å². The molecule has 0 saturated heterocycles. The van der Waals surface area contributed by atoms with Crippen LogP contribution in [0.5, 0.6) is 0 Å². The molecule has 0 fully saturated rings. The molecule has 0 saturated carbocycles. The summed E-state index contributed by atoms with van der Waals surface area (Å²) in [6.45, 7) is 0.160. The number of rotatable bonds is 6. The monoisotopic (exact) mass is 367 g/mol. The highest BCUT2D eigenvalue weighted by molar-refractivity contribution is 7.09. The molecule has 0 aliphatic heterocycles. The number of hydrogen-bond donors (Lipinski definition) is 2. The van der Waals surface area contributed by atoms with E-state index < -0.39 is 0 Å². The van der Waals surface area contributed by atoms with Crippen molar-refractivity contribution in [2.45, 2.75) is 13.0 Å². The summed E-state index contributed by atoms with van der Waals surface area (Å²) in [7, 11) is 0. The summed E-state index contributed by atoms with van der Waals surface area (Å²) in [5.41, 5.74) is 1.03. The Balaban J connectivity index is 1.43. The first-order valence-corrected chi connectivity index (χ1v) is 8.62. The van der Waals surface area contributed by atoms with Crippen LogP contribution in [0.2, 0.25) is 0 Å². The number of aromatic amines is 1. The maximum Gasteiger partial charge on any atom is 0.252 e. The fourth-order valence-corrected chi connectivity index (χ4v) is 3.10. The van der Waals surface area contributed by atoms with E-state index in [2.05, 4.69) is 36.1 Å². The lowest BCUT2D eigenvalue weighted by molar-refractivity contribution is 0.0950. The Hall–Kier alpha value is -3.40. The van der Waals surface area contributed by atoms with Gasteiger partial charge in [-0.15, -0.1) is 21.5 Å². The molecule has 0 unspecified atom stereocenters. The van der Waals surface area contributed by atoms with Gasteiger partial charge < -0.3 is 9.84 Å². The second-order valence-electron chi connectivity index (χ2n) is 5.32. The van der Waals surface area contributed by atoms with Gasteiger partial charge in [-0.2, -0.15) is 10.2 Å². The van der Waals surface area contributed by atoms with Crippen LogP contribution in [0.25, 0.3) is 11.4 Å². The van der Waals surface area contributed by atoms with E-state index in [1.54, 1.807) is 35.6 Å². The van der Waals surface area contributed by atoms with Gasteiger partial charge in [-0.05, 0) is 22.7 Å². The first-order chi connectivity index (χ1) is 12.8. The number of H-pyrrole nitrogens is 1. The average molecular weight is 367 g/mol. The highest BCUT2D eigenvalue weighted by Gasteiger charge is 2.16. The van der Waals surface area contributed by atoms with Crippen LogP contribution in [0.3, 0.4) is 0 Å². The van der Waals surface area contributed by atoms with Crippen molar-refractivity contribution < 1.29 is 9.32 Å². The van der Waals surface area contributed by atoms with Crippen molar-refractivity contribution in [3.63, 3.8) is 0 Å². The third-order valence-electron chi connectivity index (χ3n) is 3.58. The quantitative estimate of drug-likeness (QED) is 0.533. The normalized spacial score (nSPS) is 10.8. The summed E-state index contributed by atoms with van der Waals surface area (Å²) < 4.78 is 5.22. The molecule has 3 heterocycles. The van der Waals surface area contributed by atoms with Crippen molar-refractivity contribution in [1.82, 2.24) is 36.1 Å². The standard InChI is InChI=1S/C16H13N7O2S/c24-16(12-6-2-1-5-11(12)15-19-22-23-20-15)17-9-13-18-14(25-21-13)8-10-4-3-7-26-10/h1-7H,8-9H2,(H,17,24)(H,19,20,22,23). The average Bonchev–Trinajstić information content (AvgIpc) is 3.43. The highest BCUT2D eigenvalue weighted by atomic mass is 32.1. The van der Waals surface area contributed by atoms with Crippen LogP contribution in [0.4, 0.5) is 0 Å². The van der Waals surface area contributed by atoms with Gasteiger partial charge >= 0.3 is 0 Å². The Kier molecular flexibility index (Phi) is 4.48. The van der Waals surface area contributed by atoms with Gasteiger partial charge in [0.1, 0.15) is 0 Å². The van der Waals surface area contributed by atoms with Crippen molar-refractivity contribution in [2.24, 2.45) is 0 Å². The van der Waals surface area contributed by atoms with Gasteiger partial charge in [0, 0.05) is 10.4 Å². The van der Waals surface area contributed by atoms with Crippen LogP contribution >= 0.6 is 11.3 Å². The van der Waals surface area contributed by atoms with Gasteiger partial charge in [0.05, 0.1) is 18.5 Å². The second kappa shape index (κ2) is 7.23. The molecule has 0 atom stereocenters. The molecule has 130 valence electrons. The predicted molar refractivity (Wildman–Crippen MR) is 92.2 cm³/mol. The molecule has 1 amide bonds. The van der Waals surface area contributed by atoms with Crippen LogP contribution < -0.4 is 5.32 Å². The number of thiophene rings is 1. The molecule has 0 bridgehead atoms. The minimum absolute atomic E-state index is 0.160. The number of aromatic nitrogens is 6. The summed E-state index contributed by atoms with van der Waals surface area (Å²) in [5, 5.41) is 22.4. The van der Waals surface area contributed by atoms with Crippen molar-refractivity contribution in [3.05, 3.63) is 63.9 Å². The molecule has 9 nitrogen and oxygen atoms in total. The minimum atomic E-state index is -0.282. The van der Waals surface area contributed by atoms with Crippen molar-refractivity contribution in [3.8, 4) is 11.4 Å². The largest absolute Gasteiger partial charge is 0.345 e. The number of amides is 1. The highest BCUT2D eigenvalue weighted by Crippen LogP contribution is 2.19. The first kappa shape index (κ1) is 16.1. The van der Waals surface area contributed by atoms with Gasteiger partial charge in [-0.1, -0.05) is 29.4 Å². The minimum Gasteiger partial charge on any atom is -0.345 e. The Bertz CT molecular complexity index is 995. The summed E-state index contributed by atoms with van der Waals surface area (Å²) in [6, 6.07) is 11.0. The number of benzene rings is 1. The third-order valence-corrected chi connectivity index (χ3v) is 4.46. The molecule has 0 radical (unpaired) electrons. The van der Waals surface area contributed by atoms with E-state index in [0.717, 1.165) is 4.88 Å².